The first-order valence-corrected chi connectivity index (χ1v) is 3.87. The first-order chi connectivity index (χ1) is 5.79. The molecule has 0 saturated heterocycles. The molecule has 4 heteroatoms. The molecule has 0 atom stereocenters. The van der Waals surface area contributed by atoms with Crippen molar-refractivity contribution >= 4 is 5.65 Å². The van der Waals surface area contributed by atoms with E-state index in [4.69, 9.17) is 0 Å². The third-order valence-corrected chi connectivity index (χ3v) is 1.74. The van der Waals surface area contributed by atoms with Crippen molar-refractivity contribution < 1.29 is 0 Å². The van der Waals surface area contributed by atoms with E-state index in [9.17, 15) is 4.79 Å². The lowest BCUT2D eigenvalue weighted by molar-refractivity contribution is 0.885. The van der Waals surface area contributed by atoms with Crippen LogP contribution in [0.3, 0.4) is 0 Å². The van der Waals surface area contributed by atoms with E-state index in [2.05, 4.69) is 10.1 Å². The number of hydrogen-bond donors (Lipinski definition) is 1. The molecule has 4 nitrogen and oxygen atoms in total. The lowest BCUT2D eigenvalue weighted by Crippen LogP contribution is -1.98. The summed E-state index contributed by atoms with van der Waals surface area (Å²) in [6.45, 7) is 2.01. The first kappa shape index (κ1) is 7.09. The van der Waals surface area contributed by atoms with Gasteiger partial charge in [0.05, 0.1) is 0 Å². The molecule has 2 aromatic rings. The smallest absolute Gasteiger partial charge is 0.183 e. The van der Waals surface area contributed by atoms with Crippen LogP contribution in [0.4, 0.5) is 0 Å². The number of H-pyrrole nitrogens is 1. The van der Waals surface area contributed by atoms with E-state index < -0.39 is 0 Å². The minimum absolute atomic E-state index is 0.0100. The van der Waals surface area contributed by atoms with Crippen LogP contribution in [0.15, 0.2) is 23.1 Å². The number of aromatic nitrogens is 3. The third-order valence-electron chi connectivity index (χ3n) is 1.74. The van der Waals surface area contributed by atoms with Crippen LogP contribution in [-0.2, 0) is 6.42 Å². The molecule has 0 aliphatic rings. The SMILES string of the molecule is CCc1nc2cc(=O)ccn2[nH]1. The molecule has 0 fully saturated rings. The number of aryl methyl sites for hydroxylation is 1. The highest BCUT2D eigenvalue weighted by molar-refractivity contribution is 5.36. The van der Waals surface area contributed by atoms with Crippen LogP contribution in [0, 0.1) is 0 Å². The topological polar surface area (TPSA) is 50.2 Å². The van der Waals surface area contributed by atoms with Gasteiger partial charge in [0.25, 0.3) is 0 Å². The number of nitrogens with one attached hydrogen (secondary N) is 1. The van der Waals surface area contributed by atoms with Crippen molar-refractivity contribution in [3.05, 3.63) is 34.4 Å². The van der Waals surface area contributed by atoms with Crippen LogP contribution in [0.2, 0.25) is 0 Å². The molecule has 0 aliphatic heterocycles. The van der Waals surface area contributed by atoms with E-state index in [0.29, 0.717) is 5.65 Å². The predicted molar refractivity (Wildman–Crippen MR) is 45.2 cm³/mol. The van der Waals surface area contributed by atoms with Crippen molar-refractivity contribution in [3.8, 4) is 0 Å². The molecule has 0 amide bonds. The highest BCUT2D eigenvalue weighted by Gasteiger charge is 1.97. The minimum atomic E-state index is -0.0100. The molecule has 0 unspecified atom stereocenters. The highest BCUT2D eigenvalue weighted by atomic mass is 16.1. The van der Waals surface area contributed by atoms with Crippen molar-refractivity contribution in [2.24, 2.45) is 0 Å². The second kappa shape index (κ2) is 2.48. The molecular weight excluding hydrogens is 154 g/mol. The second-order valence-electron chi connectivity index (χ2n) is 2.61. The molecule has 2 aromatic heterocycles. The lowest BCUT2D eigenvalue weighted by atomic mass is 10.4. The Morgan fingerprint density at radius 1 is 1.67 bits per heavy atom. The average Bonchev–Trinajstić information content (AvgIpc) is 2.46. The van der Waals surface area contributed by atoms with Gasteiger partial charge in [-0.25, -0.2) is 9.50 Å². The van der Waals surface area contributed by atoms with Gasteiger partial charge in [-0.05, 0) is 0 Å². The monoisotopic (exact) mass is 163 g/mol. The molecule has 0 aromatic carbocycles. The van der Waals surface area contributed by atoms with Crippen molar-refractivity contribution in [2.45, 2.75) is 13.3 Å². The molecule has 0 saturated carbocycles. The number of rotatable bonds is 1. The molecule has 0 bridgehead atoms. The Morgan fingerprint density at radius 2 is 2.50 bits per heavy atom. The Bertz CT molecular complexity index is 455. The molecule has 2 rings (SSSR count). The molecule has 12 heavy (non-hydrogen) atoms. The van der Waals surface area contributed by atoms with Crippen LogP contribution < -0.4 is 5.43 Å². The van der Waals surface area contributed by atoms with Crippen LogP contribution >= 0.6 is 0 Å². The summed E-state index contributed by atoms with van der Waals surface area (Å²) in [6, 6.07) is 3.01. The molecule has 0 aliphatic carbocycles. The molecule has 2 heterocycles. The standard InChI is InChI=1S/C8H9N3O/c1-2-7-9-8-5-6(12)3-4-11(8)10-7/h3-5H,2H2,1H3,(H,9,10). The van der Waals surface area contributed by atoms with Crippen molar-refractivity contribution in [1.29, 1.82) is 0 Å². The first-order valence-electron chi connectivity index (χ1n) is 3.87. The Balaban J connectivity index is 2.75. The van der Waals surface area contributed by atoms with E-state index in [1.54, 1.807) is 10.7 Å². The Morgan fingerprint density at radius 3 is 3.25 bits per heavy atom. The lowest BCUT2D eigenvalue weighted by Gasteiger charge is -1.87. The van der Waals surface area contributed by atoms with Gasteiger partial charge in [0.2, 0.25) is 0 Å². The van der Waals surface area contributed by atoms with Crippen LogP contribution in [0.1, 0.15) is 12.7 Å². The van der Waals surface area contributed by atoms with Gasteiger partial charge >= 0.3 is 0 Å². The van der Waals surface area contributed by atoms with Gasteiger partial charge in [0, 0.05) is 24.8 Å². The van der Waals surface area contributed by atoms with E-state index in [0.717, 1.165) is 12.2 Å². The van der Waals surface area contributed by atoms with E-state index in [1.165, 1.54) is 12.1 Å². The van der Waals surface area contributed by atoms with Crippen molar-refractivity contribution in [2.75, 3.05) is 0 Å². The summed E-state index contributed by atoms with van der Waals surface area (Å²) >= 11 is 0. The van der Waals surface area contributed by atoms with E-state index in [1.807, 2.05) is 6.92 Å². The maximum absolute atomic E-state index is 10.9. The van der Waals surface area contributed by atoms with Gasteiger partial charge in [0.15, 0.2) is 11.1 Å². The summed E-state index contributed by atoms with van der Waals surface area (Å²) < 4.78 is 1.74. The molecule has 1 N–H and O–H groups in total. The summed E-state index contributed by atoms with van der Waals surface area (Å²) in [5, 5.41) is 3.04. The summed E-state index contributed by atoms with van der Waals surface area (Å²) in [4.78, 5) is 15.1. The van der Waals surface area contributed by atoms with Crippen LogP contribution in [0.5, 0.6) is 0 Å². The van der Waals surface area contributed by atoms with E-state index >= 15 is 0 Å². The highest BCUT2D eigenvalue weighted by Crippen LogP contribution is 1.97. The summed E-state index contributed by atoms with van der Waals surface area (Å²) in [5.41, 5.74) is 0.670. The Kier molecular flexibility index (Phi) is 1.46. The Labute approximate surface area is 68.8 Å². The van der Waals surface area contributed by atoms with Gasteiger partial charge in [0.1, 0.15) is 5.82 Å². The second-order valence-corrected chi connectivity index (χ2v) is 2.61. The minimum Gasteiger partial charge on any atom is -0.290 e. The number of fused-ring (bicyclic) bond motifs is 1. The van der Waals surface area contributed by atoms with Crippen molar-refractivity contribution in [3.63, 3.8) is 0 Å². The zero-order valence-electron chi connectivity index (χ0n) is 6.74. The van der Waals surface area contributed by atoms with Gasteiger partial charge in [-0.3, -0.25) is 9.89 Å². The fourth-order valence-corrected chi connectivity index (χ4v) is 1.11. The fraction of sp³-hybridized carbons (Fsp3) is 0.250. The Hall–Kier alpha value is -1.58. The molecule has 62 valence electrons. The fourth-order valence-electron chi connectivity index (χ4n) is 1.11. The average molecular weight is 163 g/mol. The van der Waals surface area contributed by atoms with E-state index in [-0.39, 0.29) is 5.43 Å². The summed E-state index contributed by atoms with van der Waals surface area (Å²) in [5.74, 6) is 0.889. The molecular formula is C8H9N3O. The van der Waals surface area contributed by atoms with Crippen molar-refractivity contribution in [1.82, 2.24) is 14.6 Å². The predicted octanol–water partition coefficient (Wildman–Crippen LogP) is 0.585. The van der Waals surface area contributed by atoms with Gasteiger partial charge in [-0.15, -0.1) is 0 Å². The number of pyridine rings is 1. The largest absolute Gasteiger partial charge is 0.290 e. The number of aromatic amines is 1. The zero-order valence-corrected chi connectivity index (χ0v) is 6.74. The zero-order chi connectivity index (χ0) is 8.55. The number of hydrogen-bond acceptors (Lipinski definition) is 2. The molecule has 0 radical (unpaired) electrons. The quantitative estimate of drug-likeness (QED) is 0.668. The maximum atomic E-state index is 10.9. The maximum Gasteiger partial charge on any atom is 0.183 e. The van der Waals surface area contributed by atoms with Gasteiger partial charge in [-0.1, -0.05) is 6.92 Å². The third kappa shape index (κ3) is 1.01. The normalized spacial score (nSPS) is 10.8. The van der Waals surface area contributed by atoms with Crippen LogP contribution in [-0.4, -0.2) is 14.6 Å². The summed E-state index contributed by atoms with van der Waals surface area (Å²) in [6.07, 6.45) is 2.53. The summed E-state index contributed by atoms with van der Waals surface area (Å²) in [7, 11) is 0. The molecule has 0 spiro atoms. The van der Waals surface area contributed by atoms with Gasteiger partial charge in [-0.2, -0.15) is 0 Å². The number of nitrogens with zero attached hydrogens (tertiary/aromatic N) is 2. The van der Waals surface area contributed by atoms with Gasteiger partial charge < -0.3 is 0 Å². The van der Waals surface area contributed by atoms with Crippen LogP contribution in [0.25, 0.3) is 5.65 Å².